The SMILES string of the molecule is Cc1ccc(-c2cccc(CN3CCC[C@@](CO)(CN(C)C)C3)c2)o1. The largest absolute Gasteiger partial charge is 0.461 e. The molecular weight excluding hydrogens is 312 g/mol. The Hall–Kier alpha value is -1.62. The second kappa shape index (κ2) is 7.73. The van der Waals surface area contributed by atoms with Crippen molar-refractivity contribution in [1.29, 1.82) is 0 Å². The lowest BCUT2D eigenvalue weighted by Gasteiger charge is -2.43. The van der Waals surface area contributed by atoms with Gasteiger partial charge in [-0.3, -0.25) is 4.90 Å². The maximum absolute atomic E-state index is 10.0. The molecule has 1 fully saturated rings. The van der Waals surface area contributed by atoms with Gasteiger partial charge >= 0.3 is 0 Å². The molecule has 0 spiro atoms. The molecule has 1 saturated heterocycles. The van der Waals surface area contributed by atoms with Crippen molar-refractivity contribution in [2.24, 2.45) is 5.41 Å². The number of hydrogen-bond acceptors (Lipinski definition) is 4. The number of benzene rings is 1. The van der Waals surface area contributed by atoms with Crippen LogP contribution >= 0.6 is 0 Å². The Labute approximate surface area is 151 Å². The average molecular weight is 342 g/mol. The van der Waals surface area contributed by atoms with E-state index >= 15 is 0 Å². The van der Waals surface area contributed by atoms with Crippen LogP contribution in [0.25, 0.3) is 11.3 Å². The van der Waals surface area contributed by atoms with Gasteiger partial charge in [0.25, 0.3) is 0 Å². The molecule has 1 atom stereocenters. The first-order chi connectivity index (χ1) is 12.0. The second-order valence-electron chi connectivity index (χ2n) is 7.82. The van der Waals surface area contributed by atoms with Gasteiger partial charge in [0.15, 0.2) is 0 Å². The Morgan fingerprint density at radius 3 is 2.76 bits per heavy atom. The van der Waals surface area contributed by atoms with Crippen LogP contribution in [0.3, 0.4) is 0 Å². The normalized spacial score (nSPS) is 21.8. The van der Waals surface area contributed by atoms with E-state index in [-0.39, 0.29) is 12.0 Å². The van der Waals surface area contributed by atoms with Crippen LogP contribution in [-0.2, 0) is 6.54 Å². The third-order valence-electron chi connectivity index (χ3n) is 5.09. The van der Waals surface area contributed by atoms with Gasteiger partial charge in [-0.05, 0) is 64.2 Å². The molecule has 1 N–H and O–H groups in total. The molecule has 0 radical (unpaired) electrons. The molecular formula is C21H30N2O2. The Morgan fingerprint density at radius 1 is 1.24 bits per heavy atom. The molecule has 4 heteroatoms. The van der Waals surface area contributed by atoms with Crippen LogP contribution in [0.15, 0.2) is 40.8 Å². The lowest BCUT2D eigenvalue weighted by molar-refractivity contribution is 0.0105. The van der Waals surface area contributed by atoms with Crippen LogP contribution in [0, 0.1) is 12.3 Å². The number of nitrogens with zero attached hydrogens (tertiary/aromatic N) is 2. The molecule has 2 heterocycles. The Bertz CT molecular complexity index is 695. The van der Waals surface area contributed by atoms with Gasteiger partial charge in [-0.1, -0.05) is 18.2 Å². The van der Waals surface area contributed by atoms with Crippen molar-refractivity contribution in [2.45, 2.75) is 26.3 Å². The number of hydrogen-bond donors (Lipinski definition) is 1. The van der Waals surface area contributed by atoms with Gasteiger partial charge in [0.05, 0.1) is 6.61 Å². The lowest BCUT2D eigenvalue weighted by atomic mass is 9.80. The van der Waals surface area contributed by atoms with Gasteiger partial charge in [-0.2, -0.15) is 0 Å². The third kappa shape index (κ3) is 4.51. The van der Waals surface area contributed by atoms with Crippen molar-refractivity contribution in [1.82, 2.24) is 9.80 Å². The summed E-state index contributed by atoms with van der Waals surface area (Å²) >= 11 is 0. The van der Waals surface area contributed by atoms with Gasteiger partial charge in [-0.25, -0.2) is 0 Å². The van der Waals surface area contributed by atoms with Crippen molar-refractivity contribution in [2.75, 3.05) is 40.3 Å². The molecule has 1 aliphatic rings. The molecule has 0 bridgehead atoms. The van der Waals surface area contributed by atoms with E-state index in [4.69, 9.17) is 4.42 Å². The highest BCUT2D eigenvalue weighted by Crippen LogP contribution is 2.31. The maximum Gasteiger partial charge on any atom is 0.134 e. The number of rotatable bonds is 6. The number of aryl methyl sites for hydroxylation is 1. The fourth-order valence-corrected chi connectivity index (χ4v) is 4.09. The summed E-state index contributed by atoms with van der Waals surface area (Å²) in [7, 11) is 4.18. The maximum atomic E-state index is 10.0. The molecule has 1 aliphatic heterocycles. The predicted molar refractivity (Wildman–Crippen MR) is 101 cm³/mol. The van der Waals surface area contributed by atoms with E-state index in [1.54, 1.807) is 0 Å². The molecule has 2 aromatic rings. The Balaban J connectivity index is 1.71. The van der Waals surface area contributed by atoms with E-state index in [1.165, 1.54) is 5.56 Å². The van der Waals surface area contributed by atoms with Crippen LogP contribution in [0.1, 0.15) is 24.2 Å². The molecule has 3 rings (SSSR count). The first-order valence-corrected chi connectivity index (χ1v) is 9.13. The topological polar surface area (TPSA) is 39.9 Å². The molecule has 0 unspecified atom stereocenters. The van der Waals surface area contributed by atoms with Gasteiger partial charge in [0.1, 0.15) is 11.5 Å². The highest BCUT2D eigenvalue weighted by atomic mass is 16.3. The second-order valence-corrected chi connectivity index (χ2v) is 7.82. The van der Waals surface area contributed by atoms with E-state index in [9.17, 15) is 5.11 Å². The lowest BCUT2D eigenvalue weighted by Crippen LogP contribution is -2.49. The zero-order valence-corrected chi connectivity index (χ0v) is 15.7. The van der Waals surface area contributed by atoms with Gasteiger partial charge < -0.3 is 14.4 Å². The predicted octanol–water partition coefficient (Wildman–Crippen LogP) is 3.39. The molecule has 25 heavy (non-hydrogen) atoms. The molecule has 4 nitrogen and oxygen atoms in total. The molecule has 0 amide bonds. The zero-order chi connectivity index (χ0) is 17.9. The summed E-state index contributed by atoms with van der Waals surface area (Å²) in [5, 5.41) is 10.0. The number of aliphatic hydroxyl groups is 1. The summed E-state index contributed by atoms with van der Waals surface area (Å²) in [5.41, 5.74) is 2.42. The highest BCUT2D eigenvalue weighted by molar-refractivity contribution is 5.58. The van der Waals surface area contributed by atoms with Crippen molar-refractivity contribution in [3.8, 4) is 11.3 Å². The van der Waals surface area contributed by atoms with Crippen LogP contribution in [0.2, 0.25) is 0 Å². The van der Waals surface area contributed by atoms with Gasteiger partial charge in [-0.15, -0.1) is 0 Å². The van der Waals surface area contributed by atoms with E-state index in [0.717, 1.165) is 56.1 Å². The summed E-state index contributed by atoms with van der Waals surface area (Å²) in [6.07, 6.45) is 2.25. The minimum Gasteiger partial charge on any atom is -0.461 e. The minimum absolute atomic E-state index is 0.00250. The quantitative estimate of drug-likeness (QED) is 0.873. The number of furan rings is 1. The van der Waals surface area contributed by atoms with E-state index in [0.29, 0.717) is 0 Å². The average Bonchev–Trinajstić information content (AvgIpc) is 3.01. The Kier molecular flexibility index (Phi) is 5.62. The van der Waals surface area contributed by atoms with Crippen molar-refractivity contribution < 1.29 is 9.52 Å². The molecule has 1 aromatic carbocycles. The molecule has 0 aliphatic carbocycles. The highest BCUT2D eigenvalue weighted by Gasteiger charge is 2.35. The fraction of sp³-hybridized carbons (Fsp3) is 0.524. The fourth-order valence-electron chi connectivity index (χ4n) is 4.09. The minimum atomic E-state index is -0.00250. The number of likely N-dealkylation sites (tertiary alicyclic amines) is 1. The first kappa shape index (κ1) is 18.2. The Morgan fingerprint density at radius 2 is 2.08 bits per heavy atom. The summed E-state index contributed by atoms with van der Waals surface area (Å²) in [5.74, 6) is 1.86. The van der Waals surface area contributed by atoms with Crippen LogP contribution in [-0.4, -0.2) is 55.2 Å². The standard InChI is InChI=1S/C21H30N2O2/c1-17-8-9-20(25-17)19-7-4-6-18(12-19)13-23-11-5-10-21(15-23,16-24)14-22(2)3/h4,6-9,12,24H,5,10-11,13-16H2,1-3H3/t21-/m1/s1. The van der Waals surface area contributed by atoms with E-state index in [2.05, 4.69) is 48.2 Å². The zero-order valence-electron chi connectivity index (χ0n) is 15.7. The van der Waals surface area contributed by atoms with E-state index < -0.39 is 0 Å². The summed E-state index contributed by atoms with van der Waals surface area (Å²) in [6.45, 7) is 6.13. The number of aliphatic hydroxyl groups excluding tert-OH is 1. The van der Waals surface area contributed by atoms with Crippen molar-refractivity contribution in [3.05, 3.63) is 47.7 Å². The van der Waals surface area contributed by atoms with E-state index in [1.807, 2.05) is 19.1 Å². The van der Waals surface area contributed by atoms with Crippen molar-refractivity contribution in [3.63, 3.8) is 0 Å². The first-order valence-electron chi connectivity index (χ1n) is 9.13. The summed E-state index contributed by atoms with van der Waals surface area (Å²) in [4.78, 5) is 4.68. The smallest absolute Gasteiger partial charge is 0.134 e. The van der Waals surface area contributed by atoms with Gasteiger partial charge in [0, 0.05) is 30.6 Å². The van der Waals surface area contributed by atoms with Crippen molar-refractivity contribution >= 4 is 0 Å². The summed E-state index contributed by atoms with van der Waals surface area (Å²) < 4.78 is 5.76. The molecule has 1 aromatic heterocycles. The number of piperidine rings is 1. The monoisotopic (exact) mass is 342 g/mol. The summed E-state index contributed by atoms with van der Waals surface area (Å²) in [6, 6.07) is 12.6. The molecule has 0 saturated carbocycles. The molecule has 136 valence electrons. The van der Waals surface area contributed by atoms with Gasteiger partial charge in [0.2, 0.25) is 0 Å². The van der Waals surface area contributed by atoms with Crippen LogP contribution in [0.5, 0.6) is 0 Å². The van der Waals surface area contributed by atoms with Crippen LogP contribution < -0.4 is 0 Å². The third-order valence-corrected chi connectivity index (χ3v) is 5.09. The van der Waals surface area contributed by atoms with Crippen LogP contribution in [0.4, 0.5) is 0 Å².